The summed E-state index contributed by atoms with van der Waals surface area (Å²) >= 11 is 0. The lowest BCUT2D eigenvalue weighted by molar-refractivity contribution is 0.181. The van der Waals surface area contributed by atoms with Crippen LogP contribution < -0.4 is 15.1 Å². The standard InChI is InChI=1S/C26H45N3O/c1-4-6-8-11-22(10-7-5-2)25-20-23(29-17-9-12-24(29)21-30-3)13-14-26(25)28-18-15-27-16-19-28/h13-14,20,22,24,27H,4-12,15-19,21H2,1-3H3/t22?,24-/m0/s1. The largest absolute Gasteiger partial charge is 0.383 e. The number of unbranched alkanes of at least 4 members (excludes halogenated alkanes) is 3. The van der Waals surface area contributed by atoms with Crippen molar-refractivity contribution in [2.24, 2.45) is 0 Å². The Morgan fingerprint density at radius 1 is 1.03 bits per heavy atom. The number of anilines is 2. The van der Waals surface area contributed by atoms with Crippen LogP contribution in [0.4, 0.5) is 11.4 Å². The average Bonchev–Trinajstić information content (AvgIpc) is 3.25. The molecule has 30 heavy (non-hydrogen) atoms. The molecule has 1 aromatic carbocycles. The summed E-state index contributed by atoms with van der Waals surface area (Å²) in [6, 6.07) is 7.92. The number of nitrogens with zero attached hydrogens (tertiary/aromatic N) is 2. The molecule has 4 nitrogen and oxygen atoms in total. The summed E-state index contributed by atoms with van der Waals surface area (Å²) in [4.78, 5) is 5.24. The van der Waals surface area contributed by atoms with Crippen LogP contribution in [-0.2, 0) is 4.74 Å². The maximum atomic E-state index is 5.54. The molecule has 2 saturated heterocycles. The van der Waals surface area contributed by atoms with Crippen molar-refractivity contribution in [3.8, 4) is 0 Å². The number of ether oxygens (including phenoxy) is 1. The van der Waals surface area contributed by atoms with Gasteiger partial charge in [-0.3, -0.25) is 0 Å². The number of piperazine rings is 1. The van der Waals surface area contributed by atoms with Crippen molar-refractivity contribution >= 4 is 11.4 Å². The van der Waals surface area contributed by atoms with Crippen molar-refractivity contribution < 1.29 is 4.74 Å². The molecule has 0 spiro atoms. The fraction of sp³-hybridized carbons (Fsp3) is 0.769. The SMILES string of the molecule is CCCCCC(CCCC)c1cc(N2CCC[C@H]2COC)ccc1N1CCNCC1. The Kier molecular flexibility index (Phi) is 9.80. The normalized spacial score (nSPS) is 20.7. The van der Waals surface area contributed by atoms with Crippen molar-refractivity contribution in [3.05, 3.63) is 23.8 Å². The monoisotopic (exact) mass is 415 g/mol. The summed E-state index contributed by atoms with van der Waals surface area (Å²) in [6.07, 6.45) is 11.8. The van der Waals surface area contributed by atoms with Crippen LogP contribution in [0.1, 0.15) is 83.1 Å². The number of hydrogen-bond acceptors (Lipinski definition) is 4. The van der Waals surface area contributed by atoms with Crippen LogP contribution in [0.15, 0.2) is 18.2 Å². The van der Waals surface area contributed by atoms with Gasteiger partial charge in [-0.25, -0.2) is 0 Å². The summed E-state index contributed by atoms with van der Waals surface area (Å²) < 4.78 is 5.54. The molecule has 2 atom stereocenters. The quantitative estimate of drug-likeness (QED) is 0.452. The van der Waals surface area contributed by atoms with Crippen molar-refractivity contribution in [1.82, 2.24) is 5.32 Å². The molecule has 1 unspecified atom stereocenters. The Labute approximate surface area is 185 Å². The minimum absolute atomic E-state index is 0.530. The van der Waals surface area contributed by atoms with Crippen LogP contribution in [0.2, 0.25) is 0 Å². The molecule has 2 fully saturated rings. The molecule has 1 N–H and O–H groups in total. The number of rotatable bonds is 12. The maximum absolute atomic E-state index is 5.54. The lowest BCUT2D eigenvalue weighted by atomic mass is 9.86. The number of hydrogen-bond donors (Lipinski definition) is 1. The summed E-state index contributed by atoms with van der Waals surface area (Å²) in [5, 5.41) is 3.52. The van der Waals surface area contributed by atoms with Gasteiger partial charge in [0.25, 0.3) is 0 Å². The second kappa shape index (κ2) is 12.6. The smallest absolute Gasteiger partial charge is 0.0666 e. The van der Waals surface area contributed by atoms with E-state index in [2.05, 4.69) is 47.2 Å². The van der Waals surface area contributed by atoms with Gasteiger partial charge in [-0.2, -0.15) is 0 Å². The second-order valence-electron chi connectivity index (χ2n) is 9.26. The molecule has 0 saturated carbocycles. The highest BCUT2D eigenvalue weighted by Crippen LogP contribution is 2.39. The lowest BCUT2D eigenvalue weighted by Crippen LogP contribution is -2.44. The van der Waals surface area contributed by atoms with Gasteiger partial charge in [0.2, 0.25) is 0 Å². The maximum Gasteiger partial charge on any atom is 0.0666 e. The molecule has 0 bridgehead atoms. The van der Waals surface area contributed by atoms with Crippen LogP contribution in [0.5, 0.6) is 0 Å². The Bertz CT molecular complexity index is 614. The van der Waals surface area contributed by atoms with Gasteiger partial charge in [-0.1, -0.05) is 46.0 Å². The third-order valence-corrected chi connectivity index (χ3v) is 7.04. The zero-order chi connectivity index (χ0) is 21.2. The molecule has 2 aliphatic rings. The zero-order valence-electron chi connectivity index (χ0n) is 19.8. The molecule has 0 radical (unpaired) electrons. The van der Waals surface area contributed by atoms with Crippen molar-refractivity contribution in [1.29, 1.82) is 0 Å². The lowest BCUT2D eigenvalue weighted by Gasteiger charge is -2.35. The van der Waals surface area contributed by atoms with Gasteiger partial charge in [-0.05, 0) is 55.4 Å². The first-order valence-corrected chi connectivity index (χ1v) is 12.6. The van der Waals surface area contributed by atoms with Gasteiger partial charge in [0.05, 0.1) is 12.6 Å². The van der Waals surface area contributed by atoms with Gasteiger partial charge < -0.3 is 19.9 Å². The number of benzene rings is 1. The summed E-state index contributed by atoms with van der Waals surface area (Å²) in [5.41, 5.74) is 4.53. The van der Waals surface area contributed by atoms with Gasteiger partial charge in [0.15, 0.2) is 0 Å². The highest BCUT2D eigenvalue weighted by atomic mass is 16.5. The van der Waals surface area contributed by atoms with E-state index in [-0.39, 0.29) is 0 Å². The summed E-state index contributed by atoms with van der Waals surface area (Å²) in [7, 11) is 1.84. The van der Waals surface area contributed by atoms with E-state index in [1.54, 1.807) is 5.56 Å². The minimum atomic E-state index is 0.530. The van der Waals surface area contributed by atoms with E-state index >= 15 is 0 Å². The number of methoxy groups -OCH3 is 1. The second-order valence-corrected chi connectivity index (χ2v) is 9.26. The van der Waals surface area contributed by atoms with Gasteiger partial charge in [0, 0.05) is 51.2 Å². The molecular weight excluding hydrogens is 370 g/mol. The fourth-order valence-electron chi connectivity index (χ4n) is 5.33. The fourth-order valence-corrected chi connectivity index (χ4v) is 5.33. The zero-order valence-corrected chi connectivity index (χ0v) is 19.8. The van der Waals surface area contributed by atoms with E-state index in [4.69, 9.17) is 4.74 Å². The van der Waals surface area contributed by atoms with E-state index in [0.717, 1.165) is 39.3 Å². The molecule has 1 aromatic rings. The Balaban J connectivity index is 1.91. The molecular formula is C26H45N3O. The molecule has 0 amide bonds. The highest BCUT2D eigenvalue weighted by Gasteiger charge is 2.27. The Morgan fingerprint density at radius 3 is 2.53 bits per heavy atom. The van der Waals surface area contributed by atoms with Gasteiger partial charge >= 0.3 is 0 Å². The summed E-state index contributed by atoms with van der Waals surface area (Å²) in [6.45, 7) is 11.1. The third-order valence-electron chi connectivity index (χ3n) is 7.04. The van der Waals surface area contributed by atoms with E-state index < -0.39 is 0 Å². The van der Waals surface area contributed by atoms with E-state index in [0.29, 0.717) is 12.0 Å². The van der Waals surface area contributed by atoms with Gasteiger partial charge in [-0.15, -0.1) is 0 Å². The Hall–Kier alpha value is -1.26. The Morgan fingerprint density at radius 2 is 1.80 bits per heavy atom. The van der Waals surface area contributed by atoms with Crippen molar-refractivity contribution in [2.45, 2.75) is 83.6 Å². The van der Waals surface area contributed by atoms with E-state index in [1.807, 2.05) is 7.11 Å². The van der Waals surface area contributed by atoms with Crippen molar-refractivity contribution in [3.63, 3.8) is 0 Å². The molecule has 0 aromatic heterocycles. The van der Waals surface area contributed by atoms with Crippen LogP contribution >= 0.6 is 0 Å². The molecule has 0 aliphatic carbocycles. The summed E-state index contributed by atoms with van der Waals surface area (Å²) in [5.74, 6) is 0.685. The number of nitrogens with one attached hydrogen (secondary N) is 1. The van der Waals surface area contributed by atoms with Crippen LogP contribution in [-0.4, -0.2) is 52.5 Å². The first kappa shape index (κ1) is 23.4. The van der Waals surface area contributed by atoms with Gasteiger partial charge in [0.1, 0.15) is 0 Å². The van der Waals surface area contributed by atoms with Crippen LogP contribution in [0, 0.1) is 0 Å². The molecule has 2 aliphatic heterocycles. The van der Waals surface area contributed by atoms with Crippen molar-refractivity contribution in [2.75, 3.05) is 56.2 Å². The average molecular weight is 416 g/mol. The van der Waals surface area contributed by atoms with E-state index in [9.17, 15) is 0 Å². The van der Waals surface area contributed by atoms with Crippen LogP contribution in [0.3, 0.4) is 0 Å². The highest BCUT2D eigenvalue weighted by molar-refractivity contribution is 5.64. The predicted molar refractivity (Wildman–Crippen MR) is 130 cm³/mol. The molecule has 170 valence electrons. The van der Waals surface area contributed by atoms with E-state index in [1.165, 1.54) is 69.2 Å². The first-order chi connectivity index (χ1) is 14.8. The van der Waals surface area contributed by atoms with Crippen LogP contribution in [0.25, 0.3) is 0 Å². The first-order valence-electron chi connectivity index (χ1n) is 12.6. The topological polar surface area (TPSA) is 27.7 Å². The third kappa shape index (κ3) is 6.13. The molecule has 3 rings (SSSR count). The minimum Gasteiger partial charge on any atom is -0.383 e. The predicted octanol–water partition coefficient (Wildman–Crippen LogP) is 5.57. The molecule has 2 heterocycles. The molecule has 4 heteroatoms.